The molecule has 0 fully saturated rings. The normalized spacial score (nSPS) is 10.9. The van der Waals surface area contributed by atoms with E-state index in [2.05, 4.69) is 15.4 Å². The van der Waals surface area contributed by atoms with Gasteiger partial charge < -0.3 is 10.1 Å². The first-order valence-corrected chi connectivity index (χ1v) is 10.8. The fourth-order valence-electron chi connectivity index (χ4n) is 3.35. The highest BCUT2D eigenvalue weighted by Crippen LogP contribution is 2.25. The van der Waals surface area contributed by atoms with Crippen LogP contribution >= 0.6 is 0 Å². The molecule has 4 rings (SSSR count). The van der Waals surface area contributed by atoms with E-state index in [1.807, 2.05) is 48.5 Å². The minimum atomic E-state index is -0.579. The molecule has 8 heteroatoms. The third-order valence-electron chi connectivity index (χ3n) is 5.04. The van der Waals surface area contributed by atoms with Crippen LogP contribution in [-0.4, -0.2) is 33.2 Å². The lowest BCUT2D eigenvalue weighted by atomic mass is 10.1. The monoisotopic (exact) mass is 463 g/mol. The number of pyridine rings is 1. The summed E-state index contributed by atoms with van der Waals surface area (Å²) in [5.74, 6) is -1.02. The molecule has 8 nitrogen and oxygen atoms in total. The molecule has 2 heterocycles. The van der Waals surface area contributed by atoms with Crippen LogP contribution in [0.2, 0.25) is 0 Å². The number of para-hydroxylation sites is 1. The van der Waals surface area contributed by atoms with Crippen LogP contribution in [0.5, 0.6) is 0 Å². The largest absolute Gasteiger partial charge is 0.462 e. The fourth-order valence-corrected chi connectivity index (χ4v) is 3.35. The van der Waals surface area contributed by atoms with Gasteiger partial charge in [0, 0.05) is 35.4 Å². The Bertz CT molecular complexity index is 1400. The van der Waals surface area contributed by atoms with Gasteiger partial charge in [-0.25, -0.2) is 9.48 Å². The predicted octanol–water partition coefficient (Wildman–Crippen LogP) is 4.66. The second kappa shape index (κ2) is 10.7. The molecule has 35 heavy (non-hydrogen) atoms. The van der Waals surface area contributed by atoms with Gasteiger partial charge in [-0.2, -0.15) is 10.4 Å². The first-order valence-electron chi connectivity index (χ1n) is 10.8. The van der Waals surface area contributed by atoms with E-state index in [0.717, 1.165) is 11.3 Å². The number of amides is 1. The Balaban J connectivity index is 1.64. The maximum Gasteiger partial charge on any atom is 0.338 e. The number of hydrogen-bond acceptors (Lipinski definition) is 6. The molecule has 0 saturated carbocycles. The average molecular weight is 463 g/mol. The third-order valence-corrected chi connectivity index (χ3v) is 5.04. The third kappa shape index (κ3) is 5.49. The van der Waals surface area contributed by atoms with E-state index in [4.69, 9.17) is 4.74 Å². The van der Waals surface area contributed by atoms with Crippen LogP contribution < -0.4 is 5.32 Å². The van der Waals surface area contributed by atoms with Gasteiger partial charge in [-0.15, -0.1) is 0 Å². The summed E-state index contributed by atoms with van der Waals surface area (Å²) in [5.41, 5.74) is 3.57. The van der Waals surface area contributed by atoms with Gasteiger partial charge in [-0.05, 0) is 61.5 Å². The zero-order chi connectivity index (χ0) is 24.6. The lowest BCUT2D eigenvalue weighted by Gasteiger charge is -2.06. The van der Waals surface area contributed by atoms with Crippen LogP contribution in [0.15, 0.2) is 90.9 Å². The number of aromatic nitrogens is 3. The summed E-state index contributed by atoms with van der Waals surface area (Å²) in [7, 11) is 0. The van der Waals surface area contributed by atoms with Crippen LogP contribution in [0, 0.1) is 11.3 Å². The molecule has 1 amide bonds. The number of nitrogens with zero attached hydrogens (tertiary/aromatic N) is 4. The van der Waals surface area contributed by atoms with Crippen molar-refractivity contribution in [3.8, 4) is 23.0 Å². The molecule has 2 aromatic carbocycles. The van der Waals surface area contributed by atoms with Gasteiger partial charge >= 0.3 is 5.97 Å². The zero-order valence-corrected chi connectivity index (χ0v) is 18.9. The minimum absolute atomic E-state index is 0.0950. The van der Waals surface area contributed by atoms with E-state index in [1.165, 1.54) is 6.08 Å². The Hall–Kier alpha value is -5.03. The number of ether oxygens (including phenoxy) is 1. The van der Waals surface area contributed by atoms with Gasteiger partial charge in [0.25, 0.3) is 5.91 Å². The first-order chi connectivity index (χ1) is 17.1. The smallest absolute Gasteiger partial charge is 0.338 e. The van der Waals surface area contributed by atoms with Crippen molar-refractivity contribution in [2.45, 2.75) is 6.92 Å². The van der Waals surface area contributed by atoms with Crippen LogP contribution in [0.3, 0.4) is 0 Å². The highest BCUT2D eigenvalue weighted by Gasteiger charge is 2.16. The van der Waals surface area contributed by atoms with Crippen LogP contribution in [0.1, 0.15) is 22.8 Å². The lowest BCUT2D eigenvalue weighted by Crippen LogP contribution is -2.13. The van der Waals surface area contributed by atoms with Crippen LogP contribution in [0.25, 0.3) is 23.0 Å². The molecule has 0 spiro atoms. The molecule has 0 radical (unpaired) electrons. The minimum Gasteiger partial charge on any atom is -0.462 e. The van der Waals surface area contributed by atoms with E-state index in [1.54, 1.807) is 54.5 Å². The number of carbonyl (C=O) groups excluding carboxylic acids is 2. The Morgan fingerprint density at radius 1 is 1.06 bits per heavy atom. The van der Waals surface area contributed by atoms with Crippen molar-refractivity contribution < 1.29 is 14.3 Å². The Morgan fingerprint density at radius 2 is 1.77 bits per heavy atom. The van der Waals surface area contributed by atoms with E-state index in [-0.39, 0.29) is 12.2 Å². The summed E-state index contributed by atoms with van der Waals surface area (Å²) in [6, 6.07) is 21.4. The standard InChI is InChI=1S/C27H21N5O3/c1-2-35-27(34)20-8-10-23(11-9-20)30-26(33)21(17-28)16-22-18-32(24-6-4-3-5-7-24)31-25(22)19-12-14-29-15-13-19/h3-16,18H,2H2,1H3,(H,30,33)/b21-16+. The van der Waals surface area contributed by atoms with E-state index in [0.29, 0.717) is 22.5 Å². The quantitative estimate of drug-likeness (QED) is 0.243. The highest BCUT2D eigenvalue weighted by molar-refractivity contribution is 6.10. The Morgan fingerprint density at radius 3 is 2.43 bits per heavy atom. The van der Waals surface area contributed by atoms with E-state index >= 15 is 0 Å². The number of rotatable bonds is 7. The number of benzene rings is 2. The molecule has 0 atom stereocenters. The molecule has 0 aliphatic heterocycles. The van der Waals surface area contributed by atoms with Crippen LogP contribution in [0.4, 0.5) is 5.69 Å². The van der Waals surface area contributed by atoms with Crippen molar-refractivity contribution in [1.82, 2.24) is 14.8 Å². The lowest BCUT2D eigenvalue weighted by molar-refractivity contribution is -0.112. The summed E-state index contributed by atoms with van der Waals surface area (Å²) in [6.45, 7) is 2.00. The summed E-state index contributed by atoms with van der Waals surface area (Å²) >= 11 is 0. The molecule has 0 bridgehead atoms. The predicted molar refractivity (Wildman–Crippen MR) is 131 cm³/mol. The molecule has 2 aromatic heterocycles. The van der Waals surface area contributed by atoms with Crippen LogP contribution in [-0.2, 0) is 9.53 Å². The maximum atomic E-state index is 12.9. The van der Waals surface area contributed by atoms with Gasteiger partial charge in [0.2, 0.25) is 0 Å². The second-order valence-corrected chi connectivity index (χ2v) is 7.37. The molecule has 0 aliphatic carbocycles. The molecule has 4 aromatic rings. The Labute approximate surface area is 202 Å². The first kappa shape index (κ1) is 23.1. The molecule has 0 saturated heterocycles. The van der Waals surface area contributed by atoms with E-state index < -0.39 is 11.9 Å². The van der Waals surface area contributed by atoms with Gasteiger partial charge in [0.1, 0.15) is 17.3 Å². The number of carbonyl (C=O) groups is 2. The van der Waals surface area contributed by atoms with Crippen molar-refractivity contribution in [2.24, 2.45) is 0 Å². The van der Waals surface area contributed by atoms with Crippen molar-refractivity contribution in [1.29, 1.82) is 5.26 Å². The highest BCUT2D eigenvalue weighted by atomic mass is 16.5. The number of esters is 1. The topological polar surface area (TPSA) is 110 Å². The molecular weight excluding hydrogens is 442 g/mol. The number of anilines is 1. The van der Waals surface area contributed by atoms with Crippen molar-refractivity contribution >= 4 is 23.6 Å². The zero-order valence-electron chi connectivity index (χ0n) is 18.9. The average Bonchev–Trinajstić information content (AvgIpc) is 3.32. The van der Waals surface area contributed by atoms with Gasteiger partial charge in [-0.1, -0.05) is 18.2 Å². The number of hydrogen-bond donors (Lipinski definition) is 1. The second-order valence-electron chi connectivity index (χ2n) is 7.37. The van der Waals surface area contributed by atoms with E-state index in [9.17, 15) is 14.9 Å². The van der Waals surface area contributed by atoms with Crippen molar-refractivity contribution in [3.05, 3.63) is 102 Å². The van der Waals surface area contributed by atoms with Gasteiger partial charge in [-0.3, -0.25) is 9.78 Å². The number of nitrogens with one attached hydrogen (secondary N) is 1. The summed E-state index contributed by atoms with van der Waals surface area (Å²) in [6.07, 6.45) is 6.58. The summed E-state index contributed by atoms with van der Waals surface area (Å²) in [4.78, 5) is 28.7. The SMILES string of the molecule is CCOC(=O)c1ccc(NC(=O)/C(C#N)=C/c2cn(-c3ccccc3)nc2-c2ccncc2)cc1. The summed E-state index contributed by atoms with van der Waals surface area (Å²) in [5, 5.41) is 17.1. The van der Waals surface area contributed by atoms with Gasteiger partial charge in [0.15, 0.2) is 0 Å². The molecular formula is C27H21N5O3. The molecule has 1 N–H and O–H groups in total. The van der Waals surface area contributed by atoms with Crippen molar-refractivity contribution in [2.75, 3.05) is 11.9 Å². The number of nitriles is 1. The fraction of sp³-hybridized carbons (Fsp3) is 0.0741. The Kier molecular flexibility index (Phi) is 7.09. The molecule has 0 aliphatic rings. The molecule has 172 valence electrons. The molecule has 0 unspecified atom stereocenters. The maximum absolute atomic E-state index is 12.9. The summed E-state index contributed by atoms with van der Waals surface area (Å²) < 4.78 is 6.66. The van der Waals surface area contributed by atoms with Crippen molar-refractivity contribution in [3.63, 3.8) is 0 Å². The van der Waals surface area contributed by atoms with Gasteiger partial charge in [0.05, 0.1) is 17.9 Å².